The average Bonchev–Trinajstić information content (AvgIpc) is 3.86. The van der Waals surface area contributed by atoms with Crippen molar-refractivity contribution >= 4 is 69.3 Å². The van der Waals surface area contributed by atoms with E-state index in [1.165, 1.54) is 0 Å². The van der Waals surface area contributed by atoms with Crippen molar-refractivity contribution in [1.29, 1.82) is 0 Å². The fourth-order valence-electron chi connectivity index (χ4n) is 7.18. The van der Waals surface area contributed by atoms with E-state index in [1.54, 1.807) is 52.7 Å². The molecular weight excluding hydrogens is 814 g/mol. The second-order valence-corrected chi connectivity index (χ2v) is 15.0. The summed E-state index contributed by atoms with van der Waals surface area (Å²) >= 11 is 27.8. The van der Waals surface area contributed by atoms with Gasteiger partial charge in [-0.05, 0) is 121 Å². The molecule has 2 aliphatic rings. The summed E-state index contributed by atoms with van der Waals surface area (Å²) in [6.07, 6.45) is 0. The molecule has 0 fully saturated rings. The first kappa shape index (κ1) is 39.2. The van der Waals surface area contributed by atoms with E-state index in [1.807, 2.05) is 109 Å². The van der Waals surface area contributed by atoms with Crippen molar-refractivity contribution in [3.8, 4) is 23.0 Å². The van der Waals surface area contributed by atoms with Gasteiger partial charge in [0.1, 0.15) is 23.0 Å². The molecule has 12 heteroatoms. The lowest BCUT2D eigenvalue weighted by Crippen LogP contribution is -2.43. The highest BCUT2D eigenvalue weighted by molar-refractivity contribution is 6.56. The number of aliphatic imine (C=N–C) groups is 4. The highest BCUT2D eigenvalue weighted by atomic mass is 35.5. The van der Waals surface area contributed by atoms with Gasteiger partial charge >= 0.3 is 0 Å². The van der Waals surface area contributed by atoms with Crippen LogP contribution in [0.2, 0.25) is 20.1 Å². The second kappa shape index (κ2) is 16.0. The zero-order valence-corrected chi connectivity index (χ0v) is 34.7. The summed E-state index contributed by atoms with van der Waals surface area (Å²) in [5, 5.41) is 1.44. The number of hydrogen-bond donors (Lipinski definition) is 0. The zero-order valence-electron chi connectivity index (χ0n) is 31.6. The first-order chi connectivity index (χ1) is 28.1. The number of hydrogen-bond acceptors (Lipinski definition) is 8. The summed E-state index contributed by atoms with van der Waals surface area (Å²) in [4.78, 5) is 22.7. The van der Waals surface area contributed by atoms with Gasteiger partial charge in [-0.3, -0.25) is 0 Å². The molecule has 0 unspecified atom stereocenters. The van der Waals surface area contributed by atoms with E-state index in [0.29, 0.717) is 77.1 Å². The molecule has 8 nitrogen and oxygen atoms in total. The third-order valence-corrected chi connectivity index (χ3v) is 11.2. The van der Waals surface area contributed by atoms with Gasteiger partial charge in [-0.2, -0.15) is 0 Å². The third kappa shape index (κ3) is 6.90. The number of methoxy groups -OCH3 is 4. The Morgan fingerprint density at radius 3 is 0.793 bits per heavy atom. The van der Waals surface area contributed by atoms with E-state index < -0.39 is 11.3 Å². The number of benzene rings is 6. The Labute approximate surface area is 356 Å². The maximum absolute atomic E-state index is 7.30. The highest BCUT2D eigenvalue weighted by Crippen LogP contribution is 2.57. The molecule has 0 bridgehead atoms. The Balaban J connectivity index is 1.54. The van der Waals surface area contributed by atoms with Crippen LogP contribution in [-0.4, -0.2) is 51.3 Å². The minimum Gasteiger partial charge on any atom is -0.497 e. The Morgan fingerprint density at radius 2 is 0.586 bits per heavy atom. The Bertz CT molecular complexity index is 2330. The second-order valence-electron chi connectivity index (χ2n) is 13.3. The number of halogens is 4. The molecule has 0 N–H and O–H groups in total. The smallest absolute Gasteiger partial charge is 0.227 e. The SMILES string of the molecule is COc1ccc(C2=NC(c3ccc(Cl)cc3Cl)(C3(c4ccc(Cl)cc4Cl)N=C(c4ccc(OC)cc4)C(c4ccc(OC)cc4)=N3)N=C2c2ccc(OC)cc2)cc1. The first-order valence-corrected chi connectivity index (χ1v) is 19.5. The lowest BCUT2D eigenvalue weighted by atomic mass is 9.82. The topological polar surface area (TPSA) is 86.4 Å². The van der Waals surface area contributed by atoms with Crippen molar-refractivity contribution in [2.24, 2.45) is 20.0 Å². The molecule has 2 aliphatic heterocycles. The predicted molar refractivity (Wildman–Crippen MR) is 234 cm³/mol. The zero-order chi connectivity index (χ0) is 40.6. The minimum atomic E-state index is -1.75. The van der Waals surface area contributed by atoms with Gasteiger partial charge in [0.15, 0.2) is 0 Å². The van der Waals surface area contributed by atoms with Gasteiger partial charge < -0.3 is 18.9 Å². The standard InChI is InChI=1S/C46H34Cl4N4O4/c1-55-33-15-5-27(6-16-33)41-42(28-7-17-34(56-2)18-8-28)52-45(51-41,37-23-13-31(47)25-39(37)49)46(38-24-14-32(48)26-40(38)50)53-43(29-9-19-35(57-3)20-10-29)44(54-46)30-11-21-36(58-4)22-12-30/h5-26H,1-4H3. The molecule has 6 aromatic carbocycles. The van der Waals surface area contributed by atoms with Crippen molar-refractivity contribution < 1.29 is 18.9 Å². The molecule has 8 rings (SSSR count). The molecule has 0 saturated carbocycles. The van der Waals surface area contributed by atoms with Crippen molar-refractivity contribution in [1.82, 2.24) is 0 Å². The van der Waals surface area contributed by atoms with Crippen LogP contribution in [0.4, 0.5) is 0 Å². The van der Waals surface area contributed by atoms with Gasteiger partial charge in [-0.15, -0.1) is 0 Å². The van der Waals surface area contributed by atoms with Crippen LogP contribution in [0, 0.1) is 0 Å². The van der Waals surface area contributed by atoms with Gasteiger partial charge in [-0.25, -0.2) is 20.0 Å². The van der Waals surface area contributed by atoms with Crippen molar-refractivity contribution in [2.45, 2.75) is 11.3 Å². The van der Waals surface area contributed by atoms with E-state index >= 15 is 0 Å². The van der Waals surface area contributed by atoms with Crippen LogP contribution in [0.3, 0.4) is 0 Å². The third-order valence-electron chi connectivity index (χ3n) is 10.1. The Morgan fingerprint density at radius 1 is 0.345 bits per heavy atom. The molecule has 290 valence electrons. The predicted octanol–water partition coefficient (Wildman–Crippen LogP) is 11.3. The van der Waals surface area contributed by atoms with Gasteiger partial charge in [-0.1, -0.05) is 58.5 Å². The molecule has 0 aliphatic carbocycles. The minimum absolute atomic E-state index is 0.295. The van der Waals surface area contributed by atoms with Crippen LogP contribution in [-0.2, 0) is 11.3 Å². The highest BCUT2D eigenvalue weighted by Gasteiger charge is 2.62. The maximum atomic E-state index is 7.30. The fraction of sp³-hybridized carbons (Fsp3) is 0.130. The summed E-state index contributed by atoms with van der Waals surface area (Å²) in [6, 6.07) is 40.9. The van der Waals surface area contributed by atoms with Crippen molar-refractivity contribution in [2.75, 3.05) is 28.4 Å². The van der Waals surface area contributed by atoms with Crippen LogP contribution < -0.4 is 18.9 Å². The van der Waals surface area contributed by atoms with Gasteiger partial charge in [0.2, 0.25) is 11.3 Å². The molecule has 0 radical (unpaired) electrons. The van der Waals surface area contributed by atoms with Crippen LogP contribution in [0.1, 0.15) is 33.4 Å². The van der Waals surface area contributed by atoms with Crippen LogP contribution in [0.15, 0.2) is 153 Å². The molecule has 2 heterocycles. The fourth-order valence-corrected chi connectivity index (χ4v) is 8.26. The van der Waals surface area contributed by atoms with Crippen LogP contribution in [0.5, 0.6) is 23.0 Å². The summed E-state index contributed by atoms with van der Waals surface area (Å²) < 4.78 is 22.1. The summed E-state index contributed by atoms with van der Waals surface area (Å²) in [7, 11) is 6.49. The summed E-state index contributed by atoms with van der Waals surface area (Å²) in [5.41, 5.74) is 2.73. The summed E-state index contributed by atoms with van der Waals surface area (Å²) in [6.45, 7) is 0. The Hall–Kier alpha value is -5.64. The molecular formula is C46H34Cl4N4O4. The number of ether oxygens (including phenoxy) is 4. The normalized spacial score (nSPS) is 15.2. The molecule has 58 heavy (non-hydrogen) atoms. The quantitative estimate of drug-likeness (QED) is 0.130. The molecule has 0 aromatic heterocycles. The van der Waals surface area contributed by atoms with E-state index in [9.17, 15) is 0 Å². The first-order valence-electron chi connectivity index (χ1n) is 18.0. The molecule has 0 atom stereocenters. The average molecular weight is 849 g/mol. The lowest BCUT2D eigenvalue weighted by Gasteiger charge is -2.39. The lowest BCUT2D eigenvalue weighted by molar-refractivity contribution is 0.257. The van der Waals surface area contributed by atoms with Gasteiger partial charge in [0, 0.05) is 53.5 Å². The van der Waals surface area contributed by atoms with Crippen molar-refractivity contribution in [3.05, 3.63) is 187 Å². The monoisotopic (exact) mass is 846 g/mol. The van der Waals surface area contributed by atoms with Crippen LogP contribution in [0.25, 0.3) is 0 Å². The molecule has 0 saturated heterocycles. The van der Waals surface area contributed by atoms with Crippen molar-refractivity contribution in [3.63, 3.8) is 0 Å². The van der Waals surface area contributed by atoms with E-state index in [0.717, 1.165) is 22.3 Å². The van der Waals surface area contributed by atoms with E-state index in [-0.39, 0.29) is 0 Å². The number of rotatable bonds is 11. The van der Waals surface area contributed by atoms with Gasteiger partial charge in [0.25, 0.3) is 0 Å². The molecule has 0 amide bonds. The molecule has 0 spiro atoms. The van der Waals surface area contributed by atoms with Crippen LogP contribution >= 0.6 is 46.4 Å². The number of nitrogens with zero attached hydrogens (tertiary/aromatic N) is 4. The maximum Gasteiger partial charge on any atom is 0.227 e. The molecule has 6 aromatic rings. The Kier molecular flexibility index (Phi) is 10.8. The largest absolute Gasteiger partial charge is 0.497 e. The van der Waals surface area contributed by atoms with Gasteiger partial charge in [0.05, 0.1) is 51.3 Å². The summed E-state index contributed by atoms with van der Waals surface area (Å²) in [5.74, 6) is 2.72. The van der Waals surface area contributed by atoms with E-state index in [4.69, 9.17) is 85.3 Å². The van der Waals surface area contributed by atoms with E-state index in [2.05, 4.69) is 0 Å².